The van der Waals surface area contributed by atoms with Crippen LogP contribution in [0.4, 0.5) is 0 Å². The lowest BCUT2D eigenvalue weighted by Gasteiger charge is -2.33. The monoisotopic (exact) mass is 351 g/mol. The summed E-state index contributed by atoms with van der Waals surface area (Å²) < 4.78 is 0. The Balaban J connectivity index is 1.83. The highest BCUT2D eigenvalue weighted by Crippen LogP contribution is 2.32. The van der Waals surface area contributed by atoms with Crippen LogP contribution in [0.3, 0.4) is 0 Å². The maximum absolute atomic E-state index is 13.3. The van der Waals surface area contributed by atoms with Gasteiger partial charge in [-0.15, -0.1) is 0 Å². The minimum Gasteiger partial charge on any atom is -0.481 e. The van der Waals surface area contributed by atoms with E-state index in [0.717, 1.165) is 24.0 Å². The lowest BCUT2D eigenvalue weighted by Crippen LogP contribution is -2.42. The van der Waals surface area contributed by atoms with Gasteiger partial charge in [-0.25, -0.2) is 0 Å². The van der Waals surface area contributed by atoms with Crippen LogP contribution in [0.2, 0.25) is 0 Å². The van der Waals surface area contributed by atoms with Crippen molar-refractivity contribution in [2.24, 2.45) is 11.8 Å². The number of carboxylic acids is 1. The second-order valence-electron chi connectivity index (χ2n) is 7.00. The van der Waals surface area contributed by atoms with Crippen molar-refractivity contribution in [2.45, 2.75) is 38.8 Å². The standard InChI is InChI=1S/C22H25NO3/c24-21(19-13-7-8-14-20(19)22(25)26)23(15-17-9-3-1-4-10-17)16-18-11-5-2-6-12-18/h1-6,9-12,19-20H,7-8,13-16H2,(H,25,26). The van der Waals surface area contributed by atoms with E-state index in [9.17, 15) is 14.7 Å². The quantitative estimate of drug-likeness (QED) is 0.852. The van der Waals surface area contributed by atoms with E-state index in [-0.39, 0.29) is 5.91 Å². The summed E-state index contributed by atoms with van der Waals surface area (Å²) in [4.78, 5) is 26.7. The van der Waals surface area contributed by atoms with Crippen molar-refractivity contribution in [1.82, 2.24) is 4.90 Å². The fourth-order valence-corrected chi connectivity index (χ4v) is 3.78. The molecule has 0 heterocycles. The molecule has 0 aliphatic heterocycles. The Kier molecular flexibility index (Phi) is 6.05. The van der Waals surface area contributed by atoms with Crippen LogP contribution in [0.1, 0.15) is 36.8 Å². The summed E-state index contributed by atoms with van der Waals surface area (Å²) in [5.41, 5.74) is 2.11. The normalized spacial score (nSPS) is 19.7. The minimum atomic E-state index is -0.845. The summed E-state index contributed by atoms with van der Waals surface area (Å²) in [6.07, 6.45) is 3.06. The Morgan fingerprint density at radius 2 is 1.27 bits per heavy atom. The molecule has 136 valence electrons. The highest BCUT2D eigenvalue weighted by molar-refractivity contribution is 5.85. The topological polar surface area (TPSA) is 57.6 Å². The van der Waals surface area contributed by atoms with Gasteiger partial charge in [-0.05, 0) is 24.0 Å². The fraction of sp³-hybridized carbons (Fsp3) is 0.364. The summed E-state index contributed by atoms with van der Waals surface area (Å²) >= 11 is 0. The van der Waals surface area contributed by atoms with Crippen molar-refractivity contribution in [3.63, 3.8) is 0 Å². The molecule has 2 aromatic rings. The molecule has 0 bridgehead atoms. The molecule has 2 aromatic carbocycles. The molecule has 1 amide bonds. The molecule has 2 atom stereocenters. The highest BCUT2D eigenvalue weighted by atomic mass is 16.4. The Morgan fingerprint density at radius 1 is 0.808 bits per heavy atom. The molecule has 4 nitrogen and oxygen atoms in total. The van der Waals surface area contributed by atoms with Crippen LogP contribution >= 0.6 is 0 Å². The van der Waals surface area contributed by atoms with Gasteiger partial charge < -0.3 is 10.0 Å². The van der Waals surface area contributed by atoms with Crippen molar-refractivity contribution in [2.75, 3.05) is 0 Å². The minimum absolute atomic E-state index is 0.0372. The lowest BCUT2D eigenvalue weighted by molar-refractivity contribution is -0.152. The maximum atomic E-state index is 13.3. The van der Waals surface area contributed by atoms with Crippen LogP contribution < -0.4 is 0 Å². The number of carbonyl (C=O) groups excluding carboxylic acids is 1. The molecule has 0 aromatic heterocycles. The van der Waals surface area contributed by atoms with Crippen LogP contribution in [0.25, 0.3) is 0 Å². The first-order valence-corrected chi connectivity index (χ1v) is 9.24. The van der Waals surface area contributed by atoms with Crippen LogP contribution in [0.5, 0.6) is 0 Å². The van der Waals surface area contributed by atoms with Crippen LogP contribution in [-0.4, -0.2) is 21.9 Å². The summed E-state index contributed by atoms with van der Waals surface area (Å²) in [6.45, 7) is 0.995. The molecule has 0 spiro atoms. The first kappa shape index (κ1) is 18.2. The summed E-state index contributed by atoms with van der Waals surface area (Å²) in [6, 6.07) is 19.7. The number of nitrogens with zero attached hydrogens (tertiary/aromatic N) is 1. The Morgan fingerprint density at radius 3 is 1.73 bits per heavy atom. The van der Waals surface area contributed by atoms with Gasteiger partial charge in [0.05, 0.1) is 11.8 Å². The van der Waals surface area contributed by atoms with Crippen molar-refractivity contribution >= 4 is 11.9 Å². The van der Waals surface area contributed by atoms with Gasteiger partial charge in [0.2, 0.25) is 5.91 Å². The van der Waals surface area contributed by atoms with Gasteiger partial charge in [-0.1, -0.05) is 73.5 Å². The number of rotatable bonds is 6. The van der Waals surface area contributed by atoms with Crippen molar-refractivity contribution in [1.29, 1.82) is 0 Å². The summed E-state index contributed by atoms with van der Waals surface area (Å²) in [5, 5.41) is 9.55. The zero-order valence-electron chi connectivity index (χ0n) is 14.9. The molecule has 2 unspecified atom stereocenters. The third-order valence-electron chi connectivity index (χ3n) is 5.14. The van der Waals surface area contributed by atoms with Gasteiger partial charge in [0.25, 0.3) is 0 Å². The first-order valence-electron chi connectivity index (χ1n) is 9.24. The molecule has 0 radical (unpaired) electrons. The SMILES string of the molecule is O=C(O)C1CCCCC1C(=O)N(Cc1ccccc1)Cc1ccccc1. The van der Waals surface area contributed by atoms with Gasteiger partial charge in [0.1, 0.15) is 0 Å². The van der Waals surface area contributed by atoms with E-state index >= 15 is 0 Å². The molecular formula is C22H25NO3. The molecule has 1 fully saturated rings. The predicted octanol–water partition coefficient (Wildman–Crippen LogP) is 4.11. The number of aliphatic carboxylic acids is 1. The van der Waals surface area contributed by atoms with Crippen LogP contribution in [0.15, 0.2) is 60.7 Å². The molecular weight excluding hydrogens is 326 g/mol. The molecule has 26 heavy (non-hydrogen) atoms. The molecule has 1 aliphatic carbocycles. The first-order chi connectivity index (χ1) is 12.6. The van der Waals surface area contributed by atoms with Crippen LogP contribution in [0, 0.1) is 11.8 Å². The molecule has 1 N–H and O–H groups in total. The summed E-state index contributed by atoms with van der Waals surface area (Å²) in [5.74, 6) is -1.87. The molecule has 1 aliphatic rings. The van der Waals surface area contributed by atoms with Crippen LogP contribution in [-0.2, 0) is 22.7 Å². The molecule has 4 heteroatoms. The van der Waals surface area contributed by atoms with E-state index in [4.69, 9.17) is 0 Å². The number of benzene rings is 2. The summed E-state index contributed by atoms with van der Waals surface area (Å²) in [7, 11) is 0. The van der Waals surface area contributed by atoms with Gasteiger partial charge in [0.15, 0.2) is 0 Å². The van der Waals surface area contributed by atoms with E-state index in [0.29, 0.717) is 25.9 Å². The third kappa shape index (κ3) is 4.51. The highest BCUT2D eigenvalue weighted by Gasteiger charge is 2.37. The number of carbonyl (C=O) groups is 2. The second kappa shape index (κ2) is 8.65. The van der Waals surface area contributed by atoms with Gasteiger partial charge in [0, 0.05) is 13.1 Å². The van der Waals surface area contributed by atoms with Crippen molar-refractivity contribution in [3.8, 4) is 0 Å². The van der Waals surface area contributed by atoms with Gasteiger partial charge in [-0.2, -0.15) is 0 Å². The predicted molar refractivity (Wildman–Crippen MR) is 100 cm³/mol. The smallest absolute Gasteiger partial charge is 0.307 e. The maximum Gasteiger partial charge on any atom is 0.307 e. The zero-order chi connectivity index (χ0) is 18.4. The number of hydrogen-bond donors (Lipinski definition) is 1. The van der Waals surface area contributed by atoms with Crippen molar-refractivity contribution < 1.29 is 14.7 Å². The van der Waals surface area contributed by atoms with Gasteiger partial charge in [-0.3, -0.25) is 9.59 Å². The van der Waals surface area contributed by atoms with E-state index < -0.39 is 17.8 Å². The van der Waals surface area contributed by atoms with E-state index in [1.807, 2.05) is 65.6 Å². The fourth-order valence-electron chi connectivity index (χ4n) is 3.78. The number of amides is 1. The molecule has 1 saturated carbocycles. The Bertz CT molecular complexity index is 688. The number of hydrogen-bond acceptors (Lipinski definition) is 2. The zero-order valence-corrected chi connectivity index (χ0v) is 14.9. The Hall–Kier alpha value is -2.62. The van der Waals surface area contributed by atoms with E-state index in [2.05, 4.69) is 0 Å². The molecule has 3 rings (SSSR count). The Labute approximate surface area is 154 Å². The largest absolute Gasteiger partial charge is 0.481 e. The van der Waals surface area contributed by atoms with Gasteiger partial charge >= 0.3 is 5.97 Å². The average Bonchev–Trinajstić information content (AvgIpc) is 2.68. The number of carboxylic acid groups (broad SMARTS) is 1. The molecule has 0 saturated heterocycles. The third-order valence-corrected chi connectivity index (χ3v) is 5.14. The van der Waals surface area contributed by atoms with Crippen molar-refractivity contribution in [3.05, 3.63) is 71.8 Å². The van der Waals surface area contributed by atoms with E-state index in [1.165, 1.54) is 0 Å². The lowest BCUT2D eigenvalue weighted by atomic mass is 9.78. The van der Waals surface area contributed by atoms with E-state index in [1.54, 1.807) is 0 Å². The average molecular weight is 351 g/mol. The second-order valence-corrected chi connectivity index (χ2v) is 7.00.